The van der Waals surface area contributed by atoms with E-state index in [0.29, 0.717) is 13.3 Å². The Bertz CT molecular complexity index is 219. The van der Waals surface area contributed by atoms with Crippen molar-refractivity contribution in [2.75, 3.05) is 26.9 Å². The van der Waals surface area contributed by atoms with Crippen molar-refractivity contribution < 1.29 is 14.4 Å². The van der Waals surface area contributed by atoms with E-state index in [2.05, 4.69) is 5.48 Å². The van der Waals surface area contributed by atoms with Gasteiger partial charge >= 0.3 is 6.03 Å². The van der Waals surface area contributed by atoms with E-state index in [1.165, 1.54) is 9.80 Å². The Kier molecular flexibility index (Phi) is 3.07. The number of nitrogens with zero attached hydrogens (tertiary/aromatic N) is 2. The maximum absolute atomic E-state index is 11.2. The summed E-state index contributed by atoms with van der Waals surface area (Å²) in [6.45, 7) is 2.61. The normalized spacial score (nSPS) is 16.6. The molecular formula is C7H13N3O3. The van der Waals surface area contributed by atoms with E-state index in [4.69, 9.17) is 4.84 Å². The van der Waals surface area contributed by atoms with Crippen molar-refractivity contribution in [3.05, 3.63) is 0 Å². The molecule has 0 unspecified atom stereocenters. The van der Waals surface area contributed by atoms with E-state index in [-0.39, 0.29) is 18.5 Å². The number of carbonyl (C=O) groups is 2. The molecule has 74 valence electrons. The molecule has 1 heterocycles. The molecule has 13 heavy (non-hydrogen) atoms. The average Bonchev–Trinajstić information content (AvgIpc) is 2.43. The number of amides is 3. The number of carbonyl (C=O) groups excluding carboxylic acids is 2. The van der Waals surface area contributed by atoms with Crippen LogP contribution in [-0.2, 0) is 9.63 Å². The van der Waals surface area contributed by atoms with Crippen LogP contribution in [0, 0.1) is 0 Å². The van der Waals surface area contributed by atoms with Gasteiger partial charge in [0.25, 0.3) is 0 Å². The second kappa shape index (κ2) is 4.08. The third-order valence-electron chi connectivity index (χ3n) is 1.73. The van der Waals surface area contributed by atoms with Gasteiger partial charge in [0.05, 0.1) is 13.3 Å². The lowest BCUT2D eigenvalue weighted by molar-refractivity contribution is -0.125. The minimum Gasteiger partial charge on any atom is -0.326 e. The number of nitrogens with one attached hydrogen (secondary N) is 1. The molecule has 1 saturated heterocycles. The second-order valence-electron chi connectivity index (χ2n) is 2.77. The average molecular weight is 187 g/mol. The molecule has 1 aliphatic rings. The smallest absolute Gasteiger partial charge is 0.326 e. The number of hydrogen-bond acceptors (Lipinski definition) is 3. The zero-order valence-electron chi connectivity index (χ0n) is 7.74. The summed E-state index contributed by atoms with van der Waals surface area (Å²) in [4.78, 5) is 29.8. The second-order valence-corrected chi connectivity index (χ2v) is 2.77. The first kappa shape index (κ1) is 9.79. The maximum Gasteiger partial charge on any atom is 0.343 e. The van der Waals surface area contributed by atoms with Crippen LogP contribution in [0.25, 0.3) is 0 Å². The largest absolute Gasteiger partial charge is 0.343 e. The minimum absolute atomic E-state index is 0.0633. The molecule has 0 aromatic carbocycles. The zero-order valence-corrected chi connectivity index (χ0v) is 7.74. The van der Waals surface area contributed by atoms with Crippen LogP contribution in [0.4, 0.5) is 4.79 Å². The molecule has 0 aliphatic carbocycles. The van der Waals surface area contributed by atoms with Crippen molar-refractivity contribution in [2.24, 2.45) is 0 Å². The Hall–Kier alpha value is -1.30. The molecule has 1 rings (SSSR count). The van der Waals surface area contributed by atoms with Gasteiger partial charge in [0.2, 0.25) is 5.91 Å². The van der Waals surface area contributed by atoms with Gasteiger partial charge in [0.15, 0.2) is 0 Å². The van der Waals surface area contributed by atoms with Gasteiger partial charge in [0.1, 0.15) is 6.54 Å². The van der Waals surface area contributed by atoms with Crippen LogP contribution in [-0.4, -0.2) is 48.6 Å². The fourth-order valence-electron chi connectivity index (χ4n) is 1.00. The summed E-state index contributed by atoms with van der Waals surface area (Å²) in [5.74, 6) is -0.0633. The van der Waals surface area contributed by atoms with E-state index in [9.17, 15) is 9.59 Å². The molecule has 0 aromatic rings. The maximum atomic E-state index is 11.2. The van der Waals surface area contributed by atoms with Gasteiger partial charge in [-0.25, -0.2) is 10.3 Å². The molecule has 6 heteroatoms. The van der Waals surface area contributed by atoms with E-state index in [1.807, 2.05) is 0 Å². The Labute approximate surface area is 76.4 Å². The van der Waals surface area contributed by atoms with Crippen LogP contribution in [0.3, 0.4) is 0 Å². The molecule has 0 saturated carbocycles. The highest BCUT2D eigenvalue weighted by molar-refractivity contribution is 5.86. The predicted molar refractivity (Wildman–Crippen MR) is 44.5 cm³/mol. The fourth-order valence-corrected chi connectivity index (χ4v) is 1.00. The van der Waals surface area contributed by atoms with E-state index in [0.717, 1.165) is 0 Å². The lowest BCUT2D eigenvalue weighted by Gasteiger charge is -2.14. The molecule has 0 bridgehead atoms. The summed E-state index contributed by atoms with van der Waals surface area (Å²) in [7, 11) is 1.65. The molecule has 0 aromatic heterocycles. The first-order chi connectivity index (χ1) is 6.15. The Morgan fingerprint density at radius 2 is 2.38 bits per heavy atom. The molecule has 0 spiro atoms. The summed E-state index contributed by atoms with van der Waals surface area (Å²) in [5.41, 5.74) is 2.22. The Morgan fingerprint density at radius 3 is 2.85 bits per heavy atom. The lowest BCUT2D eigenvalue weighted by atomic mass is 10.6. The standard InChI is InChI=1S/C7H13N3O3/c1-3-13-8-7(12)10-4-6(11)9(2)5-10/h3-5H2,1-2H3,(H,8,12). The molecular weight excluding hydrogens is 174 g/mol. The molecule has 6 nitrogen and oxygen atoms in total. The SMILES string of the molecule is CCONC(=O)N1CC(=O)N(C)C1. The highest BCUT2D eigenvalue weighted by Gasteiger charge is 2.27. The predicted octanol–water partition coefficient (Wildman–Crippen LogP) is -0.621. The summed E-state index contributed by atoms with van der Waals surface area (Å²) < 4.78 is 0. The van der Waals surface area contributed by atoms with Gasteiger partial charge in [-0.05, 0) is 6.92 Å². The first-order valence-electron chi connectivity index (χ1n) is 4.05. The van der Waals surface area contributed by atoms with Crippen molar-refractivity contribution in [3.63, 3.8) is 0 Å². The van der Waals surface area contributed by atoms with Gasteiger partial charge in [-0.1, -0.05) is 0 Å². The molecule has 1 aliphatic heterocycles. The number of hydrogen-bond donors (Lipinski definition) is 1. The molecule has 3 amide bonds. The van der Waals surface area contributed by atoms with Crippen molar-refractivity contribution in [2.45, 2.75) is 6.92 Å². The van der Waals surface area contributed by atoms with Crippen LogP contribution >= 0.6 is 0 Å². The fraction of sp³-hybridized carbons (Fsp3) is 0.714. The Morgan fingerprint density at radius 1 is 1.69 bits per heavy atom. The summed E-state index contributed by atoms with van der Waals surface area (Å²) in [6.07, 6.45) is 0. The quantitative estimate of drug-likeness (QED) is 0.586. The minimum atomic E-state index is -0.375. The third kappa shape index (κ3) is 2.32. The van der Waals surface area contributed by atoms with Crippen LogP contribution in [0.2, 0.25) is 0 Å². The van der Waals surface area contributed by atoms with Gasteiger partial charge in [0, 0.05) is 7.05 Å². The van der Waals surface area contributed by atoms with E-state index < -0.39 is 0 Å². The van der Waals surface area contributed by atoms with Crippen LogP contribution in [0.15, 0.2) is 0 Å². The molecule has 1 fully saturated rings. The number of rotatable bonds is 2. The van der Waals surface area contributed by atoms with Gasteiger partial charge in [-0.2, -0.15) is 0 Å². The topological polar surface area (TPSA) is 61.9 Å². The number of urea groups is 1. The number of likely N-dealkylation sites (N-methyl/N-ethyl adjacent to an activating group) is 1. The van der Waals surface area contributed by atoms with Crippen LogP contribution < -0.4 is 5.48 Å². The number of hydroxylamine groups is 1. The molecule has 0 radical (unpaired) electrons. The highest BCUT2D eigenvalue weighted by atomic mass is 16.7. The third-order valence-corrected chi connectivity index (χ3v) is 1.73. The van der Waals surface area contributed by atoms with Gasteiger partial charge in [-0.15, -0.1) is 0 Å². The zero-order chi connectivity index (χ0) is 9.84. The van der Waals surface area contributed by atoms with E-state index in [1.54, 1.807) is 14.0 Å². The van der Waals surface area contributed by atoms with Gasteiger partial charge < -0.3 is 4.90 Å². The summed E-state index contributed by atoms with van der Waals surface area (Å²) >= 11 is 0. The van der Waals surface area contributed by atoms with Crippen LogP contribution in [0.5, 0.6) is 0 Å². The van der Waals surface area contributed by atoms with Crippen molar-refractivity contribution in [3.8, 4) is 0 Å². The molecule has 1 N–H and O–H groups in total. The molecule has 0 atom stereocenters. The summed E-state index contributed by atoms with van der Waals surface area (Å²) in [5, 5.41) is 0. The van der Waals surface area contributed by atoms with Crippen molar-refractivity contribution >= 4 is 11.9 Å². The van der Waals surface area contributed by atoms with E-state index >= 15 is 0 Å². The van der Waals surface area contributed by atoms with Crippen molar-refractivity contribution in [1.82, 2.24) is 15.3 Å². The highest BCUT2D eigenvalue weighted by Crippen LogP contribution is 2.03. The van der Waals surface area contributed by atoms with Gasteiger partial charge in [-0.3, -0.25) is 14.5 Å². The van der Waals surface area contributed by atoms with Crippen molar-refractivity contribution in [1.29, 1.82) is 0 Å². The van der Waals surface area contributed by atoms with Crippen LogP contribution in [0.1, 0.15) is 6.92 Å². The summed E-state index contributed by atoms with van der Waals surface area (Å²) in [6, 6.07) is -0.375. The Balaban J connectivity index is 2.37. The first-order valence-corrected chi connectivity index (χ1v) is 4.05. The lowest BCUT2D eigenvalue weighted by Crippen LogP contribution is -2.39. The monoisotopic (exact) mass is 187 g/mol.